The monoisotopic (exact) mass is 302 g/mol. The average molecular weight is 302 g/mol. The van der Waals surface area contributed by atoms with Crippen molar-refractivity contribution in [1.82, 2.24) is 10.2 Å². The van der Waals surface area contributed by atoms with Crippen LogP contribution in [0.2, 0.25) is 0 Å². The smallest absolute Gasteiger partial charge is 0.163 e. The number of benzene rings is 1. The average Bonchev–Trinajstić information content (AvgIpc) is 2.72. The fraction of sp³-hybridized carbons (Fsp3) is 0.214. The molecule has 0 amide bonds. The summed E-state index contributed by atoms with van der Waals surface area (Å²) in [4.78, 5) is 0.266. The Morgan fingerprint density at radius 1 is 1.19 bits per heavy atom. The molecular weight excluding hydrogens is 288 g/mol. The molecule has 0 bridgehead atoms. The van der Waals surface area contributed by atoms with Crippen LogP contribution in [0.4, 0.5) is 11.5 Å². The van der Waals surface area contributed by atoms with Gasteiger partial charge in [-0.1, -0.05) is 12.2 Å². The van der Waals surface area contributed by atoms with Gasteiger partial charge in [-0.2, -0.15) is 5.10 Å². The molecule has 3 rings (SSSR count). The zero-order valence-electron chi connectivity index (χ0n) is 11.2. The van der Waals surface area contributed by atoms with Gasteiger partial charge in [-0.05, 0) is 18.2 Å². The first-order valence-corrected chi connectivity index (χ1v) is 6.93. The molecule has 0 unspecified atom stereocenters. The Labute approximate surface area is 127 Å². The molecule has 21 heavy (non-hydrogen) atoms. The normalized spacial score (nSPS) is 13.3. The highest BCUT2D eigenvalue weighted by molar-refractivity contribution is 7.80. The molecule has 1 aliphatic heterocycles. The first kappa shape index (κ1) is 13.6. The zero-order valence-corrected chi connectivity index (χ0v) is 12.0. The van der Waals surface area contributed by atoms with Gasteiger partial charge in [-0.25, -0.2) is 0 Å². The number of fused-ring (bicyclic) bond motifs is 1. The third-order valence-electron chi connectivity index (χ3n) is 3.00. The molecule has 3 N–H and O–H groups in total. The van der Waals surface area contributed by atoms with Gasteiger partial charge < -0.3 is 20.5 Å². The number of nitrogens with one attached hydrogen (secondary N) is 1. The van der Waals surface area contributed by atoms with Crippen LogP contribution in [-0.4, -0.2) is 28.4 Å². The van der Waals surface area contributed by atoms with E-state index >= 15 is 0 Å². The molecule has 1 aromatic heterocycles. The van der Waals surface area contributed by atoms with E-state index in [-0.39, 0.29) is 4.99 Å². The Morgan fingerprint density at radius 2 is 2.00 bits per heavy atom. The predicted octanol–water partition coefficient (Wildman–Crippen LogP) is 2.02. The molecule has 0 saturated carbocycles. The number of nitrogens with two attached hydrogens (primary N) is 1. The van der Waals surface area contributed by atoms with E-state index in [1.807, 2.05) is 18.2 Å². The first-order chi connectivity index (χ1) is 10.2. The lowest BCUT2D eigenvalue weighted by Gasteiger charge is -2.12. The summed E-state index contributed by atoms with van der Waals surface area (Å²) in [5, 5.41) is 11.0. The van der Waals surface area contributed by atoms with Gasteiger partial charge in [0.2, 0.25) is 0 Å². The van der Waals surface area contributed by atoms with Crippen molar-refractivity contribution in [3.63, 3.8) is 0 Å². The summed E-state index contributed by atoms with van der Waals surface area (Å²) in [6, 6.07) is 7.32. The summed E-state index contributed by atoms with van der Waals surface area (Å²) in [5.41, 5.74) is 7.13. The van der Waals surface area contributed by atoms with E-state index in [0.717, 1.165) is 17.9 Å². The van der Waals surface area contributed by atoms with Crippen LogP contribution >= 0.6 is 12.2 Å². The second kappa shape index (κ2) is 5.92. The fourth-order valence-electron chi connectivity index (χ4n) is 2.00. The predicted molar refractivity (Wildman–Crippen MR) is 83.3 cm³/mol. The van der Waals surface area contributed by atoms with Gasteiger partial charge in [0.25, 0.3) is 0 Å². The number of thiocarbonyl (C=S) groups is 1. The number of nitrogens with zero attached hydrogens (tertiary/aromatic N) is 2. The molecule has 108 valence electrons. The number of hydrogen-bond acceptors (Lipinski definition) is 6. The SMILES string of the molecule is NC(=S)c1ccnnc1Nc1ccc2c(c1)OCCCO2. The molecule has 7 heteroatoms. The maximum Gasteiger partial charge on any atom is 0.163 e. The van der Waals surface area contributed by atoms with Gasteiger partial charge in [0, 0.05) is 18.2 Å². The third-order valence-corrected chi connectivity index (χ3v) is 3.22. The fourth-order valence-corrected chi connectivity index (χ4v) is 2.17. The standard InChI is InChI=1S/C14H14N4O2S/c15-13(21)10-4-5-16-18-14(10)17-9-2-3-11-12(8-9)20-7-1-6-19-11/h2-5,8H,1,6-7H2,(H2,15,21)(H,17,18). The van der Waals surface area contributed by atoms with Crippen molar-refractivity contribution < 1.29 is 9.47 Å². The van der Waals surface area contributed by atoms with Crippen LogP contribution in [0.5, 0.6) is 11.5 Å². The minimum absolute atomic E-state index is 0.266. The Kier molecular flexibility index (Phi) is 3.83. The number of aromatic nitrogens is 2. The molecule has 2 aromatic rings. The minimum atomic E-state index is 0.266. The molecule has 1 aliphatic rings. The lowest BCUT2D eigenvalue weighted by atomic mass is 10.2. The van der Waals surface area contributed by atoms with Gasteiger partial charge >= 0.3 is 0 Å². The summed E-state index contributed by atoms with van der Waals surface area (Å²) in [7, 11) is 0. The second-order valence-corrected chi connectivity index (χ2v) is 4.93. The molecule has 0 saturated heterocycles. The van der Waals surface area contributed by atoms with Crippen LogP contribution in [0.15, 0.2) is 30.5 Å². The Hall–Kier alpha value is -2.41. The maximum atomic E-state index is 5.68. The van der Waals surface area contributed by atoms with Crippen molar-refractivity contribution in [2.75, 3.05) is 18.5 Å². The van der Waals surface area contributed by atoms with Gasteiger partial charge in [0.1, 0.15) is 4.99 Å². The Balaban J connectivity index is 1.89. The van der Waals surface area contributed by atoms with Crippen LogP contribution in [0.1, 0.15) is 12.0 Å². The zero-order chi connectivity index (χ0) is 14.7. The van der Waals surface area contributed by atoms with E-state index in [1.165, 1.54) is 0 Å². The molecule has 0 aliphatic carbocycles. The molecule has 6 nitrogen and oxygen atoms in total. The molecule has 0 fully saturated rings. The van der Waals surface area contributed by atoms with E-state index < -0.39 is 0 Å². The largest absolute Gasteiger partial charge is 0.490 e. The van der Waals surface area contributed by atoms with Crippen LogP contribution in [-0.2, 0) is 0 Å². The van der Waals surface area contributed by atoms with Crippen molar-refractivity contribution in [3.8, 4) is 11.5 Å². The van der Waals surface area contributed by atoms with Gasteiger partial charge in [-0.15, -0.1) is 5.10 Å². The highest BCUT2D eigenvalue weighted by Crippen LogP contribution is 2.33. The van der Waals surface area contributed by atoms with Crippen LogP contribution < -0.4 is 20.5 Å². The van der Waals surface area contributed by atoms with E-state index in [2.05, 4.69) is 15.5 Å². The van der Waals surface area contributed by atoms with Crippen LogP contribution in [0.25, 0.3) is 0 Å². The topological polar surface area (TPSA) is 82.3 Å². The van der Waals surface area contributed by atoms with E-state index in [4.69, 9.17) is 27.4 Å². The highest BCUT2D eigenvalue weighted by Gasteiger charge is 2.12. The lowest BCUT2D eigenvalue weighted by molar-refractivity contribution is 0.297. The van der Waals surface area contributed by atoms with Crippen molar-refractivity contribution in [1.29, 1.82) is 0 Å². The van der Waals surface area contributed by atoms with Crippen molar-refractivity contribution in [3.05, 3.63) is 36.0 Å². The Bertz CT molecular complexity index is 678. The van der Waals surface area contributed by atoms with Gasteiger partial charge in [-0.3, -0.25) is 0 Å². The number of ether oxygens (including phenoxy) is 2. The molecule has 0 spiro atoms. The van der Waals surface area contributed by atoms with Crippen molar-refractivity contribution in [2.45, 2.75) is 6.42 Å². The summed E-state index contributed by atoms with van der Waals surface area (Å²) < 4.78 is 11.2. The number of rotatable bonds is 3. The summed E-state index contributed by atoms with van der Waals surface area (Å²) in [5.74, 6) is 1.96. The molecule has 0 radical (unpaired) electrons. The van der Waals surface area contributed by atoms with Gasteiger partial charge in [0.05, 0.1) is 25.0 Å². The van der Waals surface area contributed by atoms with Crippen LogP contribution in [0.3, 0.4) is 0 Å². The summed E-state index contributed by atoms with van der Waals surface area (Å²) >= 11 is 5.01. The lowest BCUT2D eigenvalue weighted by Crippen LogP contribution is -2.13. The van der Waals surface area contributed by atoms with E-state index in [9.17, 15) is 0 Å². The Morgan fingerprint density at radius 3 is 2.81 bits per heavy atom. The van der Waals surface area contributed by atoms with Gasteiger partial charge in [0.15, 0.2) is 17.3 Å². The maximum absolute atomic E-state index is 5.68. The molecular formula is C14H14N4O2S. The summed E-state index contributed by atoms with van der Waals surface area (Å²) in [6.45, 7) is 1.30. The summed E-state index contributed by atoms with van der Waals surface area (Å²) in [6.07, 6.45) is 2.42. The molecule has 0 atom stereocenters. The minimum Gasteiger partial charge on any atom is -0.490 e. The third kappa shape index (κ3) is 3.03. The first-order valence-electron chi connectivity index (χ1n) is 6.52. The molecule has 1 aromatic carbocycles. The van der Waals surface area contributed by atoms with Crippen molar-refractivity contribution >= 4 is 28.7 Å². The molecule has 2 heterocycles. The van der Waals surface area contributed by atoms with Crippen molar-refractivity contribution in [2.24, 2.45) is 5.73 Å². The number of anilines is 2. The highest BCUT2D eigenvalue weighted by atomic mass is 32.1. The van der Waals surface area contributed by atoms with Crippen LogP contribution in [0, 0.1) is 0 Å². The number of hydrogen-bond donors (Lipinski definition) is 2. The quantitative estimate of drug-likeness (QED) is 0.839. The van der Waals surface area contributed by atoms with E-state index in [1.54, 1.807) is 12.3 Å². The second-order valence-electron chi connectivity index (χ2n) is 4.49. The van der Waals surface area contributed by atoms with E-state index in [0.29, 0.717) is 30.3 Å².